The van der Waals surface area contributed by atoms with Crippen LogP contribution in [0.2, 0.25) is 0 Å². The van der Waals surface area contributed by atoms with E-state index in [1.165, 1.54) is 12.1 Å². The third-order valence-electron chi connectivity index (χ3n) is 3.19. The first-order valence-corrected chi connectivity index (χ1v) is 11.9. The van der Waals surface area contributed by atoms with Crippen LogP contribution in [0.5, 0.6) is 5.75 Å². The van der Waals surface area contributed by atoms with Crippen LogP contribution in [0.15, 0.2) is 28.7 Å². The van der Waals surface area contributed by atoms with Crippen LogP contribution in [-0.4, -0.2) is 26.6 Å². The highest BCUT2D eigenvalue weighted by Crippen LogP contribution is 2.34. The van der Waals surface area contributed by atoms with Crippen molar-refractivity contribution in [3.63, 3.8) is 0 Å². The molecule has 11 heteroatoms. The van der Waals surface area contributed by atoms with Crippen LogP contribution < -0.4 is 9.46 Å². The molecule has 0 aliphatic rings. The summed E-state index contributed by atoms with van der Waals surface area (Å²) < 4.78 is 37.6. The summed E-state index contributed by atoms with van der Waals surface area (Å²) in [6, 6.07) is 6.48. The third-order valence-corrected chi connectivity index (χ3v) is 7.41. The molecule has 2 bridgehead atoms. The van der Waals surface area contributed by atoms with Gasteiger partial charge in [0.2, 0.25) is 10.0 Å². The number of carbonyl (C=O) groups excluding carboxylic acids is 2. The van der Waals surface area contributed by atoms with Gasteiger partial charge in [-0.15, -0.1) is 0 Å². The molecule has 2 heterocycles. The van der Waals surface area contributed by atoms with Crippen LogP contribution >= 0.6 is 67.8 Å². The second kappa shape index (κ2) is 7.38. The van der Waals surface area contributed by atoms with Gasteiger partial charge in [-0.3, -0.25) is 4.79 Å². The van der Waals surface area contributed by atoms with E-state index in [2.05, 4.69) is 67.8 Å². The minimum Gasteiger partial charge on any atom is -0.452 e. The molecule has 3 rings (SSSR count). The Morgan fingerprint density at radius 3 is 2.38 bits per heavy atom. The SMILES string of the molecule is CS(=O)(=O)NC(=O)c1cc2cc(OC(=O)c3cc(I)cc(I)c3I)c1o2. The third kappa shape index (κ3) is 4.24. The highest BCUT2D eigenvalue weighted by molar-refractivity contribution is 14.1. The summed E-state index contributed by atoms with van der Waals surface area (Å²) in [7, 11) is -3.72. The van der Waals surface area contributed by atoms with Gasteiger partial charge in [-0.05, 0) is 86.0 Å². The van der Waals surface area contributed by atoms with Gasteiger partial charge in [0.15, 0.2) is 11.3 Å². The standard InChI is InChI=1S/C15H8I3NO6S/c1-26(22,23)19-14(20)9-4-7-5-11(13(9)24-7)25-15(21)8-2-6(16)3-10(17)12(8)18/h2-5H,1H3,(H,19,20). The molecule has 0 spiro atoms. The number of carbonyl (C=O) groups is 2. The molecule has 0 atom stereocenters. The van der Waals surface area contributed by atoms with Gasteiger partial charge in [-0.2, -0.15) is 0 Å². The minimum atomic E-state index is -3.72. The molecular formula is C15H8I3NO6S. The lowest BCUT2D eigenvalue weighted by atomic mass is 10.2. The first kappa shape index (κ1) is 20.1. The quantitative estimate of drug-likeness (QED) is 0.192. The number of furan rings is 2. The second-order valence-corrected chi connectivity index (χ2v) is 10.5. The summed E-state index contributed by atoms with van der Waals surface area (Å²) in [6.07, 6.45) is 0.870. The zero-order valence-corrected chi connectivity index (χ0v) is 20.1. The molecule has 0 radical (unpaired) electrons. The summed E-state index contributed by atoms with van der Waals surface area (Å²) in [4.78, 5) is 24.6. The van der Waals surface area contributed by atoms with Crippen molar-refractivity contribution < 1.29 is 27.2 Å². The smallest absolute Gasteiger partial charge is 0.344 e. The van der Waals surface area contributed by atoms with Crippen LogP contribution in [0, 0.1) is 10.7 Å². The van der Waals surface area contributed by atoms with Gasteiger partial charge in [0.05, 0.1) is 17.4 Å². The number of esters is 1. The molecule has 1 N–H and O–H groups in total. The summed E-state index contributed by atoms with van der Waals surface area (Å²) in [5.74, 6) is -1.38. The van der Waals surface area contributed by atoms with Crippen molar-refractivity contribution in [3.8, 4) is 5.75 Å². The number of benzene rings is 2. The van der Waals surface area contributed by atoms with Crippen molar-refractivity contribution in [1.82, 2.24) is 4.72 Å². The molecule has 26 heavy (non-hydrogen) atoms. The molecule has 0 aliphatic heterocycles. The molecule has 0 unspecified atom stereocenters. The Labute approximate surface area is 189 Å². The Bertz CT molecular complexity index is 1140. The zero-order valence-electron chi connectivity index (χ0n) is 12.8. The van der Waals surface area contributed by atoms with Crippen molar-refractivity contribution in [2.45, 2.75) is 0 Å². The number of ether oxygens (including phenoxy) is 1. The topological polar surface area (TPSA) is 103 Å². The maximum Gasteiger partial charge on any atom is 0.344 e. The van der Waals surface area contributed by atoms with E-state index in [1.807, 2.05) is 10.8 Å². The van der Waals surface area contributed by atoms with Crippen molar-refractivity contribution in [1.29, 1.82) is 0 Å². The number of fused-ring (bicyclic) bond motifs is 2. The molecule has 2 aromatic heterocycles. The summed E-state index contributed by atoms with van der Waals surface area (Å²) in [6.45, 7) is 0. The van der Waals surface area contributed by atoms with Gasteiger partial charge < -0.3 is 9.15 Å². The fourth-order valence-corrected chi connectivity index (χ4v) is 5.01. The first-order chi connectivity index (χ1) is 12.0. The van der Waals surface area contributed by atoms with E-state index in [-0.39, 0.29) is 16.9 Å². The lowest BCUT2D eigenvalue weighted by Gasteiger charge is -2.08. The maximum absolute atomic E-state index is 12.5. The van der Waals surface area contributed by atoms with E-state index in [0.29, 0.717) is 11.1 Å². The van der Waals surface area contributed by atoms with E-state index in [0.717, 1.165) is 17.0 Å². The fourth-order valence-electron chi connectivity index (χ4n) is 2.19. The molecule has 3 aromatic rings. The first-order valence-electron chi connectivity index (χ1n) is 6.80. The number of halogens is 3. The predicted octanol–water partition coefficient (Wildman–Crippen LogP) is 3.59. The van der Waals surface area contributed by atoms with E-state index >= 15 is 0 Å². The van der Waals surface area contributed by atoms with Crippen LogP contribution in [0.25, 0.3) is 11.2 Å². The molecule has 136 valence electrons. The van der Waals surface area contributed by atoms with E-state index in [4.69, 9.17) is 9.15 Å². The molecule has 0 saturated heterocycles. The Morgan fingerprint density at radius 1 is 1.08 bits per heavy atom. The van der Waals surface area contributed by atoms with Crippen molar-refractivity contribution in [3.05, 3.63) is 46.1 Å². The summed E-state index contributed by atoms with van der Waals surface area (Å²) in [5.41, 5.74) is 0.697. The van der Waals surface area contributed by atoms with Gasteiger partial charge in [-0.1, -0.05) is 0 Å². The number of rotatable bonds is 4. The highest BCUT2D eigenvalue weighted by atomic mass is 127. The lowest BCUT2D eigenvalue weighted by Crippen LogP contribution is -2.29. The number of hydrogen-bond acceptors (Lipinski definition) is 6. The van der Waals surface area contributed by atoms with Crippen LogP contribution in [0.4, 0.5) is 0 Å². The summed E-state index contributed by atoms with van der Waals surface area (Å²) in [5, 5.41) is 0. The second-order valence-electron chi connectivity index (χ2n) is 5.24. The zero-order chi connectivity index (χ0) is 19.2. The average molecular weight is 711 g/mol. The highest BCUT2D eigenvalue weighted by Gasteiger charge is 2.25. The minimum absolute atomic E-state index is 0.0114. The predicted molar refractivity (Wildman–Crippen MR) is 119 cm³/mol. The molecule has 0 saturated carbocycles. The van der Waals surface area contributed by atoms with Gasteiger partial charge in [0, 0.05) is 16.8 Å². The molecule has 1 amide bonds. The van der Waals surface area contributed by atoms with Crippen molar-refractivity contribution >= 4 is 101 Å². The molecular weight excluding hydrogens is 703 g/mol. The Hall–Kier alpha value is -0.680. The fraction of sp³-hybridized carbons (Fsp3) is 0.0667. The van der Waals surface area contributed by atoms with E-state index < -0.39 is 21.9 Å². The Balaban J connectivity index is 1.92. The van der Waals surface area contributed by atoms with Gasteiger partial charge >= 0.3 is 5.97 Å². The molecule has 0 aliphatic carbocycles. The van der Waals surface area contributed by atoms with Crippen LogP contribution in [0.3, 0.4) is 0 Å². The number of hydrogen-bond donors (Lipinski definition) is 1. The summed E-state index contributed by atoms with van der Waals surface area (Å²) >= 11 is 6.29. The van der Waals surface area contributed by atoms with E-state index in [1.54, 1.807) is 6.07 Å². The molecule has 0 fully saturated rings. The van der Waals surface area contributed by atoms with Crippen LogP contribution in [0.1, 0.15) is 20.7 Å². The number of sulfonamides is 1. The number of nitrogens with one attached hydrogen (secondary N) is 1. The van der Waals surface area contributed by atoms with Crippen molar-refractivity contribution in [2.24, 2.45) is 0 Å². The average Bonchev–Trinajstić information content (AvgIpc) is 3.09. The normalized spacial score (nSPS) is 11.7. The van der Waals surface area contributed by atoms with Gasteiger partial charge in [-0.25, -0.2) is 17.9 Å². The van der Waals surface area contributed by atoms with Crippen molar-refractivity contribution in [2.75, 3.05) is 6.26 Å². The largest absolute Gasteiger partial charge is 0.452 e. The maximum atomic E-state index is 12.5. The molecule has 7 nitrogen and oxygen atoms in total. The van der Waals surface area contributed by atoms with E-state index in [9.17, 15) is 18.0 Å². The Morgan fingerprint density at radius 2 is 1.77 bits per heavy atom. The van der Waals surface area contributed by atoms with Gasteiger partial charge in [0.1, 0.15) is 5.58 Å². The lowest BCUT2D eigenvalue weighted by molar-refractivity contribution is 0.0734. The molecule has 1 aromatic carbocycles. The number of amides is 1. The monoisotopic (exact) mass is 711 g/mol. The van der Waals surface area contributed by atoms with Crippen LogP contribution in [-0.2, 0) is 10.0 Å². The van der Waals surface area contributed by atoms with Gasteiger partial charge in [0.25, 0.3) is 5.91 Å². The Kier molecular flexibility index (Phi) is 5.70.